The van der Waals surface area contributed by atoms with Crippen LogP contribution in [0.2, 0.25) is 0 Å². The predicted octanol–water partition coefficient (Wildman–Crippen LogP) is 1.46. The van der Waals surface area contributed by atoms with Crippen LogP contribution < -0.4 is 16.0 Å². The lowest BCUT2D eigenvalue weighted by atomic mass is 10.2. The minimum atomic E-state index is -0.336. The maximum atomic E-state index is 11.5. The number of carbonyl (C=O) groups excluding carboxylic acids is 1. The summed E-state index contributed by atoms with van der Waals surface area (Å²) >= 11 is 0. The van der Waals surface area contributed by atoms with Gasteiger partial charge in [0.2, 0.25) is 5.91 Å². The number of rotatable bonds is 6. The van der Waals surface area contributed by atoms with Crippen molar-refractivity contribution in [3.63, 3.8) is 0 Å². The third-order valence-corrected chi connectivity index (χ3v) is 2.79. The fourth-order valence-corrected chi connectivity index (χ4v) is 1.67. The first-order valence-corrected chi connectivity index (χ1v) is 6.56. The number of nitrogens with zero attached hydrogens (tertiary/aromatic N) is 2. The van der Waals surface area contributed by atoms with Crippen molar-refractivity contribution in [3.8, 4) is 0 Å². The van der Waals surface area contributed by atoms with E-state index >= 15 is 0 Å². The van der Waals surface area contributed by atoms with Gasteiger partial charge in [0.25, 0.3) is 0 Å². The average Bonchev–Trinajstić information content (AvgIpc) is 2.39. The standard InChI is InChI=1S/C13H23N5O/c1-6-7-15-11-8(2)12(18-10(4)17-11)16-9(3)13(19)14-5/h9H,6-7H2,1-5H3,(H,14,19)(H2,15,16,17,18). The minimum absolute atomic E-state index is 0.0706. The lowest BCUT2D eigenvalue weighted by Crippen LogP contribution is -2.35. The van der Waals surface area contributed by atoms with Gasteiger partial charge in [-0.2, -0.15) is 0 Å². The molecule has 1 unspecified atom stereocenters. The molecule has 0 saturated carbocycles. The Balaban J connectivity index is 2.94. The van der Waals surface area contributed by atoms with Crippen molar-refractivity contribution >= 4 is 17.5 Å². The quantitative estimate of drug-likeness (QED) is 0.726. The number of aromatic nitrogens is 2. The van der Waals surface area contributed by atoms with Crippen molar-refractivity contribution in [1.82, 2.24) is 15.3 Å². The SMILES string of the molecule is CCCNc1nc(C)nc(NC(C)C(=O)NC)c1C. The molecule has 1 aromatic heterocycles. The summed E-state index contributed by atoms with van der Waals surface area (Å²) in [4.78, 5) is 20.3. The molecule has 0 bridgehead atoms. The van der Waals surface area contributed by atoms with Gasteiger partial charge in [0.15, 0.2) is 0 Å². The van der Waals surface area contributed by atoms with Gasteiger partial charge in [-0.3, -0.25) is 4.79 Å². The topological polar surface area (TPSA) is 78.9 Å². The van der Waals surface area contributed by atoms with E-state index in [-0.39, 0.29) is 11.9 Å². The number of amides is 1. The maximum absolute atomic E-state index is 11.5. The zero-order valence-electron chi connectivity index (χ0n) is 12.3. The second kappa shape index (κ2) is 6.92. The molecule has 0 fully saturated rings. The summed E-state index contributed by atoms with van der Waals surface area (Å²) in [6.45, 7) is 8.54. The van der Waals surface area contributed by atoms with Gasteiger partial charge in [-0.1, -0.05) is 6.92 Å². The van der Waals surface area contributed by atoms with Crippen LogP contribution >= 0.6 is 0 Å². The predicted molar refractivity (Wildman–Crippen MR) is 77.4 cm³/mol. The Kier molecular flexibility index (Phi) is 5.54. The molecule has 0 aliphatic rings. The van der Waals surface area contributed by atoms with Crippen molar-refractivity contribution in [3.05, 3.63) is 11.4 Å². The van der Waals surface area contributed by atoms with Crippen LogP contribution in [0, 0.1) is 13.8 Å². The highest BCUT2D eigenvalue weighted by Gasteiger charge is 2.15. The summed E-state index contributed by atoms with van der Waals surface area (Å²) in [6.07, 6.45) is 1.03. The Morgan fingerprint density at radius 2 is 1.89 bits per heavy atom. The molecule has 0 aliphatic carbocycles. The van der Waals surface area contributed by atoms with Crippen LogP contribution in [0.3, 0.4) is 0 Å². The highest BCUT2D eigenvalue weighted by atomic mass is 16.2. The first-order valence-electron chi connectivity index (χ1n) is 6.56. The Bertz CT molecular complexity index is 447. The summed E-state index contributed by atoms with van der Waals surface area (Å²) in [5.41, 5.74) is 0.926. The molecule has 1 heterocycles. The smallest absolute Gasteiger partial charge is 0.241 e. The lowest BCUT2D eigenvalue weighted by Gasteiger charge is -2.17. The first-order chi connectivity index (χ1) is 8.99. The molecule has 1 atom stereocenters. The Morgan fingerprint density at radius 3 is 2.47 bits per heavy atom. The van der Waals surface area contributed by atoms with E-state index in [9.17, 15) is 4.79 Å². The van der Waals surface area contributed by atoms with Gasteiger partial charge in [0.1, 0.15) is 23.5 Å². The number of hydrogen-bond donors (Lipinski definition) is 3. The van der Waals surface area contributed by atoms with Crippen LogP contribution in [0.1, 0.15) is 31.7 Å². The van der Waals surface area contributed by atoms with E-state index < -0.39 is 0 Å². The summed E-state index contributed by atoms with van der Waals surface area (Å²) in [6, 6.07) is -0.336. The van der Waals surface area contributed by atoms with Gasteiger partial charge in [-0.15, -0.1) is 0 Å². The summed E-state index contributed by atoms with van der Waals surface area (Å²) in [7, 11) is 1.62. The number of carbonyl (C=O) groups is 1. The Hall–Kier alpha value is -1.85. The lowest BCUT2D eigenvalue weighted by molar-refractivity contribution is -0.121. The van der Waals surface area contributed by atoms with Crippen molar-refractivity contribution in [2.45, 2.75) is 40.2 Å². The van der Waals surface area contributed by atoms with Gasteiger partial charge in [-0.25, -0.2) is 9.97 Å². The van der Waals surface area contributed by atoms with Crippen molar-refractivity contribution < 1.29 is 4.79 Å². The summed E-state index contributed by atoms with van der Waals surface area (Å²) < 4.78 is 0. The third kappa shape index (κ3) is 4.08. The summed E-state index contributed by atoms with van der Waals surface area (Å²) in [5.74, 6) is 2.12. The van der Waals surface area contributed by atoms with Crippen LogP contribution in [0.25, 0.3) is 0 Å². The van der Waals surface area contributed by atoms with E-state index in [0.717, 1.165) is 24.3 Å². The van der Waals surface area contributed by atoms with Crippen molar-refractivity contribution in [2.24, 2.45) is 0 Å². The zero-order valence-corrected chi connectivity index (χ0v) is 12.3. The highest BCUT2D eigenvalue weighted by molar-refractivity contribution is 5.84. The number of aryl methyl sites for hydroxylation is 1. The second-order valence-corrected chi connectivity index (χ2v) is 4.50. The minimum Gasteiger partial charge on any atom is -0.370 e. The van der Waals surface area contributed by atoms with Crippen LogP contribution in [-0.4, -0.2) is 35.5 Å². The van der Waals surface area contributed by atoms with Crippen LogP contribution in [-0.2, 0) is 4.79 Å². The van der Waals surface area contributed by atoms with E-state index in [1.807, 2.05) is 13.8 Å². The van der Waals surface area contributed by atoms with Crippen molar-refractivity contribution in [1.29, 1.82) is 0 Å². The van der Waals surface area contributed by atoms with Crippen LogP contribution in [0.15, 0.2) is 0 Å². The maximum Gasteiger partial charge on any atom is 0.241 e. The molecule has 106 valence electrons. The molecule has 1 amide bonds. The molecule has 0 saturated heterocycles. The fourth-order valence-electron chi connectivity index (χ4n) is 1.67. The molecule has 0 radical (unpaired) electrons. The molecule has 19 heavy (non-hydrogen) atoms. The van der Waals surface area contributed by atoms with Crippen LogP contribution in [0.4, 0.5) is 11.6 Å². The van der Waals surface area contributed by atoms with Crippen LogP contribution in [0.5, 0.6) is 0 Å². The molecule has 1 aromatic rings. The molecule has 0 aliphatic heterocycles. The Labute approximate surface area is 114 Å². The fraction of sp³-hybridized carbons (Fsp3) is 0.615. The number of likely N-dealkylation sites (N-methyl/N-ethyl adjacent to an activating group) is 1. The van der Waals surface area contributed by atoms with Gasteiger partial charge < -0.3 is 16.0 Å². The molecule has 6 heteroatoms. The molecule has 6 nitrogen and oxygen atoms in total. The highest BCUT2D eigenvalue weighted by Crippen LogP contribution is 2.20. The van der Waals surface area contributed by atoms with E-state index in [4.69, 9.17) is 0 Å². The molecular formula is C13H23N5O. The largest absolute Gasteiger partial charge is 0.370 e. The van der Waals surface area contributed by atoms with Crippen molar-refractivity contribution in [2.75, 3.05) is 24.2 Å². The Morgan fingerprint density at radius 1 is 1.26 bits per heavy atom. The van der Waals surface area contributed by atoms with Gasteiger partial charge in [0, 0.05) is 19.2 Å². The molecular weight excluding hydrogens is 242 g/mol. The van der Waals surface area contributed by atoms with E-state index in [2.05, 4.69) is 32.8 Å². The van der Waals surface area contributed by atoms with E-state index in [1.165, 1.54) is 0 Å². The number of anilines is 2. The number of nitrogens with one attached hydrogen (secondary N) is 3. The third-order valence-electron chi connectivity index (χ3n) is 2.79. The normalized spacial score (nSPS) is 11.8. The monoisotopic (exact) mass is 265 g/mol. The van der Waals surface area contributed by atoms with E-state index in [1.54, 1.807) is 14.0 Å². The second-order valence-electron chi connectivity index (χ2n) is 4.50. The molecule has 1 rings (SSSR count). The van der Waals surface area contributed by atoms with Gasteiger partial charge in [-0.05, 0) is 27.2 Å². The van der Waals surface area contributed by atoms with Gasteiger partial charge in [0.05, 0.1) is 0 Å². The van der Waals surface area contributed by atoms with Gasteiger partial charge >= 0.3 is 0 Å². The average molecular weight is 265 g/mol. The van der Waals surface area contributed by atoms with E-state index in [0.29, 0.717) is 11.6 Å². The first kappa shape index (κ1) is 15.2. The molecule has 0 aromatic carbocycles. The molecule has 0 spiro atoms. The number of hydrogen-bond acceptors (Lipinski definition) is 5. The zero-order chi connectivity index (χ0) is 14.4. The molecule has 3 N–H and O–H groups in total. The summed E-state index contributed by atoms with van der Waals surface area (Å²) in [5, 5.41) is 8.99.